The van der Waals surface area contributed by atoms with Crippen molar-refractivity contribution in [2.24, 2.45) is 23.1 Å². The molecule has 3 amide bonds. The molecule has 3 atom stereocenters. The number of Topliss-reactive ketones (excluding diaryl/α,β-unsaturated/α-hetero) is 1. The van der Waals surface area contributed by atoms with Crippen molar-refractivity contribution >= 4 is 23.7 Å². The van der Waals surface area contributed by atoms with Crippen LogP contribution < -0.4 is 27.8 Å². The van der Waals surface area contributed by atoms with Crippen molar-refractivity contribution in [3.63, 3.8) is 0 Å². The number of amides is 3. The lowest BCUT2D eigenvalue weighted by molar-refractivity contribution is -0.150. The number of carbonyl (C=O) groups is 4. The largest absolute Gasteiger partial charge is 0.480 e. The first-order valence-corrected chi connectivity index (χ1v) is 9.68. The summed E-state index contributed by atoms with van der Waals surface area (Å²) in [6.07, 6.45) is -0.0875. The fraction of sp³-hybridized carbons (Fsp3) is 0.500. The first-order chi connectivity index (χ1) is 14.0. The number of primary amides is 1. The smallest absolute Gasteiger partial charge is 0.331 e. The van der Waals surface area contributed by atoms with Crippen LogP contribution in [0.2, 0.25) is 0 Å². The predicted octanol–water partition coefficient (Wildman–Crippen LogP) is -0.503. The Morgan fingerprint density at radius 3 is 2.23 bits per heavy atom. The Kier molecular flexibility index (Phi) is 9.41. The third-order valence-electron chi connectivity index (χ3n) is 4.81. The van der Waals surface area contributed by atoms with Crippen molar-refractivity contribution in [1.29, 1.82) is 0 Å². The van der Waals surface area contributed by atoms with Crippen LogP contribution in [0.4, 0.5) is 4.79 Å². The van der Waals surface area contributed by atoms with Crippen molar-refractivity contribution in [3.05, 3.63) is 35.9 Å². The number of aliphatic carboxylic acids is 1. The lowest BCUT2D eigenvalue weighted by atomic mass is 9.83. The van der Waals surface area contributed by atoms with E-state index in [2.05, 4.69) is 10.6 Å². The lowest BCUT2D eigenvalue weighted by Gasteiger charge is -2.30. The van der Waals surface area contributed by atoms with Crippen LogP contribution in [0, 0.1) is 5.92 Å². The molecule has 166 valence electrons. The van der Waals surface area contributed by atoms with Crippen LogP contribution in [0.25, 0.3) is 0 Å². The minimum Gasteiger partial charge on any atom is -0.480 e. The third kappa shape index (κ3) is 7.12. The summed E-state index contributed by atoms with van der Waals surface area (Å²) in [5.74, 6) is -3.11. The van der Waals surface area contributed by atoms with E-state index in [0.717, 1.165) is 5.56 Å². The summed E-state index contributed by atoms with van der Waals surface area (Å²) >= 11 is 0. The van der Waals surface area contributed by atoms with E-state index in [1.807, 2.05) is 0 Å². The maximum Gasteiger partial charge on any atom is 0.331 e. The molecule has 3 unspecified atom stereocenters. The third-order valence-corrected chi connectivity index (χ3v) is 4.81. The van der Waals surface area contributed by atoms with Gasteiger partial charge in [-0.05, 0) is 30.7 Å². The molecule has 0 saturated carbocycles. The highest BCUT2D eigenvalue weighted by Gasteiger charge is 2.45. The van der Waals surface area contributed by atoms with Gasteiger partial charge in [0.25, 0.3) is 0 Å². The van der Waals surface area contributed by atoms with Crippen LogP contribution in [0.5, 0.6) is 0 Å². The van der Waals surface area contributed by atoms with E-state index in [1.165, 1.54) is 0 Å². The van der Waals surface area contributed by atoms with Crippen molar-refractivity contribution in [2.45, 2.75) is 50.7 Å². The quantitative estimate of drug-likeness (QED) is 0.193. The molecular weight excluding hydrogens is 390 g/mol. The molecule has 1 rings (SSSR count). The predicted molar refractivity (Wildman–Crippen MR) is 111 cm³/mol. The molecule has 0 aromatic heterocycles. The van der Waals surface area contributed by atoms with Gasteiger partial charge in [-0.15, -0.1) is 0 Å². The lowest BCUT2D eigenvalue weighted by Crippen LogP contribution is -2.63. The van der Waals surface area contributed by atoms with Gasteiger partial charge in [-0.25, -0.2) is 9.59 Å². The van der Waals surface area contributed by atoms with Gasteiger partial charge in [0.15, 0.2) is 11.3 Å². The minimum atomic E-state index is -2.26. The van der Waals surface area contributed by atoms with Crippen molar-refractivity contribution < 1.29 is 24.3 Å². The van der Waals surface area contributed by atoms with E-state index in [4.69, 9.17) is 17.2 Å². The highest BCUT2D eigenvalue weighted by molar-refractivity contribution is 6.11. The summed E-state index contributed by atoms with van der Waals surface area (Å²) in [4.78, 5) is 48.3. The van der Waals surface area contributed by atoms with Crippen LogP contribution in [0.1, 0.15) is 32.3 Å². The van der Waals surface area contributed by atoms with Crippen molar-refractivity contribution in [1.82, 2.24) is 10.6 Å². The maximum atomic E-state index is 13.2. The van der Waals surface area contributed by atoms with Gasteiger partial charge in [0.05, 0.1) is 12.1 Å². The van der Waals surface area contributed by atoms with Crippen LogP contribution in [-0.2, 0) is 20.8 Å². The van der Waals surface area contributed by atoms with E-state index in [1.54, 1.807) is 44.2 Å². The molecule has 10 nitrogen and oxygen atoms in total. The maximum absolute atomic E-state index is 13.2. The molecule has 0 spiro atoms. The molecule has 30 heavy (non-hydrogen) atoms. The number of nitrogens with two attached hydrogens (primary N) is 3. The Balaban J connectivity index is 3.10. The number of nitrogens with one attached hydrogen (secondary N) is 2. The number of rotatable bonds is 12. The molecule has 0 aliphatic heterocycles. The number of benzene rings is 1. The molecule has 0 fully saturated rings. The standard InChI is InChI=1S/C20H31N5O5/c1-12(2)15(21)17(27)25-14(11-13-7-4-3-5-8-13)16(26)20(23,18(28)29)9-6-10-24-19(22)30/h3-5,7-8,12,14-15H,6,9-11,21,23H2,1-2H3,(H,25,27)(H,28,29)(H3,22,24,30). The summed E-state index contributed by atoms with van der Waals surface area (Å²) in [5, 5.41) is 14.5. The summed E-state index contributed by atoms with van der Waals surface area (Å²) in [6.45, 7) is 3.58. The molecule has 0 radical (unpaired) electrons. The van der Waals surface area contributed by atoms with Crippen molar-refractivity contribution in [2.75, 3.05) is 6.54 Å². The number of urea groups is 1. The number of carboxylic acids is 1. The summed E-state index contributed by atoms with van der Waals surface area (Å²) in [5.41, 5.74) is 15.3. The molecule has 1 aromatic rings. The number of hydrogen-bond acceptors (Lipinski definition) is 6. The zero-order chi connectivity index (χ0) is 22.9. The van der Waals surface area contributed by atoms with Gasteiger partial charge in [0.1, 0.15) is 0 Å². The second-order valence-corrected chi connectivity index (χ2v) is 7.56. The number of carbonyl (C=O) groups excluding carboxylic acids is 3. The van der Waals surface area contributed by atoms with Gasteiger partial charge in [-0.3, -0.25) is 9.59 Å². The number of carboxylic acid groups (broad SMARTS) is 1. The molecule has 0 aliphatic rings. The highest BCUT2D eigenvalue weighted by Crippen LogP contribution is 2.17. The average molecular weight is 421 g/mol. The molecule has 10 heteroatoms. The molecule has 0 aliphatic carbocycles. The van der Waals surface area contributed by atoms with E-state index in [-0.39, 0.29) is 31.7 Å². The Morgan fingerprint density at radius 2 is 1.73 bits per heavy atom. The first kappa shape index (κ1) is 25.1. The van der Waals surface area contributed by atoms with Gasteiger partial charge >= 0.3 is 12.0 Å². The molecule has 9 N–H and O–H groups in total. The minimum absolute atomic E-state index is 0.0575. The topological polar surface area (TPSA) is 191 Å². The van der Waals surface area contributed by atoms with Crippen LogP contribution in [-0.4, -0.2) is 53.0 Å². The number of hydrogen-bond donors (Lipinski definition) is 6. The molecular formula is C20H31N5O5. The van der Waals surface area contributed by atoms with E-state index in [0.29, 0.717) is 0 Å². The van der Waals surface area contributed by atoms with Crippen LogP contribution >= 0.6 is 0 Å². The van der Waals surface area contributed by atoms with Gasteiger partial charge < -0.3 is 32.9 Å². The van der Waals surface area contributed by atoms with Gasteiger partial charge in [-0.1, -0.05) is 44.2 Å². The second kappa shape index (κ2) is 11.3. The normalized spacial score (nSPS) is 15.0. The highest BCUT2D eigenvalue weighted by atomic mass is 16.4. The SMILES string of the molecule is CC(C)C(N)C(=O)NC(Cc1ccccc1)C(=O)C(N)(CCCNC(N)=O)C(=O)O. The Labute approximate surface area is 175 Å². The Bertz CT molecular complexity index is 755. The van der Waals surface area contributed by atoms with Crippen molar-refractivity contribution in [3.8, 4) is 0 Å². The van der Waals surface area contributed by atoms with Gasteiger partial charge in [0, 0.05) is 6.54 Å². The monoisotopic (exact) mass is 421 g/mol. The Morgan fingerprint density at radius 1 is 1.13 bits per heavy atom. The molecule has 0 heterocycles. The summed E-state index contributed by atoms with van der Waals surface area (Å²) < 4.78 is 0. The Hall–Kier alpha value is -2.98. The number of ketones is 1. The molecule has 0 saturated heterocycles. The van der Waals surface area contributed by atoms with E-state index < -0.39 is 41.3 Å². The van der Waals surface area contributed by atoms with Gasteiger partial charge in [-0.2, -0.15) is 0 Å². The van der Waals surface area contributed by atoms with Gasteiger partial charge in [0.2, 0.25) is 5.91 Å². The fourth-order valence-electron chi connectivity index (χ4n) is 2.86. The zero-order valence-corrected chi connectivity index (χ0v) is 17.3. The second-order valence-electron chi connectivity index (χ2n) is 7.56. The van der Waals surface area contributed by atoms with Crippen LogP contribution in [0.3, 0.4) is 0 Å². The van der Waals surface area contributed by atoms with E-state index in [9.17, 15) is 24.3 Å². The summed E-state index contributed by atoms with van der Waals surface area (Å²) in [6, 6.07) is 6.01. The average Bonchev–Trinajstić information content (AvgIpc) is 2.69. The van der Waals surface area contributed by atoms with Crippen LogP contribution in [0.15, 0.2) is 30.3 Å². The fourth-order valence-corrected chi connectivity index (χ4v) is 2.86. The summed E-state index contributed by atoms with van der Waals surface area (Å²) in [7, 11) is 0. The first-order valence-electron chi connectivity index (χ1n) is 9.68. The zero-order valence-electron chi connectivity index (χ0n) is 17.3. The molecule has 0 bridgehead atoms. The van der Waals surface area contributed by atoms with E-state index >= 15 is 0 Å². The molecule has 1 aromatic carbocycles.